The number of para-hydroxylation sites is 2. The van der Waals surface area contributed by atoms with Gasteiger partial charge in [-0.2, -0.15) is 10.2 Å². The third-order valence-corrected chi connectivity index (χ3v) is 6.32. The molecular formula is C31H18N5OPt-. The van der Waals surface area contributed by atoms with Gasteiger partial charge in [0.25, 0.3) is 0 Å². The number of phenolic OH excluding ortho intramolecular Hbond substituents is 1. The summed E-state index contributed by atoms with van der Waals surface area (Å²) < 4.78 is 0. The van der Waals surface area contributed by atoms with E-state index in [9.17, 15) is 5.11 Å². The first-order valence-corrected chi connectivity index (χ1v) is 11.8. The Bertz CT molecular complexity index is 1970. The maximum absolute atomic E-state index is 10.8. The minimum absolute atomic E-state index is 0. The molecule has 4 aromatic carbocycles. The summed E-state index contributed by atoms with van der Waals surface area (Å²) in [6.45, 7) is 0. The quantitative estimate of drug-likeness (QED) is 0.168. The zero-order chi connectivity index (χ0) is 24.8. The number of aromatic hydroxyl groups is 1. The molecule has 184 valence electrons. The number of rotatable bonds is 3. The van der Waals surface area contributed by atoms with Crippen molar-refractivity contribution >= 4 is 33.0 Å². The van der Waals surface area contributed by atoms with Crippen molar-refractivity contribution in [3.05, 3.63) is 109 Å². The molecule has 0 atom stereocenters. The summed E-state index contributed by atoms with van der Waals surface area (Å²) in [4.78, 5) is 14.2. The van der Waals surface area contributed by atoms with E-state index in [1.165, 1.54) is 0 Å². The van der Waals surface area contributed by atoms with E-state index in [0.29, 0.717) is 22.3 Å². The molecule has 0 radical (unpaired) electrons. The number of fused-ring (bicyclic) bond motifs is 3. The number of hydrogen-bond donors (Lipinski definition) is 1. The fraction of sp³-hybridized carbons (Fsp3) is 0. The van der Waals surface area contributed by atoms with Crippen molar-refractivity contribution in [1.82, 2.24) is 25.1 Å². The fourth-order valence-corrected chi connectivity index (χ4v) is 4.48. The maximum Gasteiger partial charge on any atom is 0.127 e. The molecule has 0 unspecified atom stereocenters. The van der Waals surface area contributed by atoms with Gasteiger partial charge in [0.2, 0.25) is 0 Å². The Labute approximate surface area is 232 Å². The second-order valence-corrected chi connectivity index (χ2v) is 8.74. The molecule has 38 heavy (non-hydrogen) atoms. The summed E-state index contributed by atoms with van der Waals surface area (Å²) in [7, 11) is 0. The van der Waals surface area contributed by atoms with Crippen LogP contribution in [0, 0.1) is 6.07 Å². The molecule has 0 saturated carbocycles. The summed E-state index contributed by atoms with van der Waals surface area (Å²) in [6, 6.07) is 36.1. The third-order valence-electron chi connectivity index (χ3n) is 6.32. The van der Waals surface area contributed by atoms with Gasteiger partial charge in [-0.25, -0.2) is 9.97 Å². The van der Waals surface area contributed by atoms with Gasteiger partial charge in [0.1, 0.15) is 5.75 Å². The van der Waals surface area contributed by atoms with Gasteiger partial charge in [0, 0.05) is 44.1 Å². The number of pyridine rings is 1. The topological polar surface area (TPSA) is 84.7 Å². The molecule has 3 heterocycles. The van der Waals surface area contributed by atoms with Gasteiger partial charge in [-0.3, -0.25) is 4.98 Å². The van der Waals surface area contributed by atoms with Crippen molar-refractivity contribution in [1.29, 1.82) is 0 Å². The predicted molar refractivity (Wildman–Crippen MR) is 145 cm³/mol. The summed E-state index contributed by atoms with van der Waals surface area (Å²) in [5.41, 5.74) is 8.13. The number of phenols is 1. The second-order valence-electron chi connectivity index (χ2n) is 8.74. The summed E-state index contributed by atoms with van der Waals surface area (Å²) >= 11 is 0. The molecule has 0 spiro atoms. The largest absolute Gasteiger partial charge is 0.507 e. The first-order valence-electron chi connectivity index (χ1n) is 11.8. The average Bonchev–Trinajstić information content (AvgIpc) is 2.95. The molecule has 0 amide bonds. The Morgan fingerprint density at radius 2 is 1.13 bits per heavy atom. The third kappa shape index (κ3) is 4.29. The Morgan fingerprint density at radius 3 is 1.92 bits per heavy atom. The van der Waals surface area contributed by atoms with Crippen LogP contribution in [0.3, 0.4) is 0 Å². The first kappa shape index (κ1) is 23.8. The van der Waals surface area contributed by atoms with Gasteiger partial charge in [-0.1, -0.05) is 59.7 Å². The molecule has 1 N–H and O–H groups in total. The van der Waals surface area contributed by atoms with Crippen LogP contribution in [0.1, 0.15) is 0 Å². The van der Waals surface area contributed by atoms with Crippen molar-refractivity contribution < 1.29 is 26.2 Å². The molecule has 7 heteroatoms. The van der Waals surface area contributed by atoms with Gasteiger partial charge < -0.3 is 5.11 Å². The molecule has 0 aliphatic carbocycles. The van der Waals surface area contributed by atoms with Crippen molar-refractivity contribution in [2.24, 2.45) is 0 Å². The van der Waals surface area contributed by atoms with Crippen LogP contribution in [0.15, 0.2) is 103 Å². The zero-order valence-corrected chi connectivity index (χ0v) is 22.1. The first-order chi connectivity index (χ1) is 18.2. The molecule has 0 fully saturated rings. The van der Waals surface area contributed by atoms with E-state index in [0.717, 1.165) is 44.5 Å². The minimum Gasteiger partial charge on any atom is -0.507 e. The van der Waals surface area contributed by atoms with Gasteiger partial charge in [0.05, 0.1) is 33.3 Å². The Kier molecular flexibility index (Phi) is 6.10. The van der Waals surface area contributed by atoms with E-state index in [1.54, 1.807) is 6.07 Å². The van der Waals surface area contributed by atoms with Gasteiger partial charge in [-0.05, 0) is 35.7 Å². The molecule has 3 aromatic heterocycles. The van der Waals surface area contributed by atoms with Crippen LogP contribution < -0.4 is 0 Å². The molecule has 7 rings (SSSR count). The van der Waals surface area contributed by atoms with Crippen LogP contribution in [0.4, 0.5) is 0 Å². The normalized spacial score (nSPS) is 11.1. The van der Waals surface area contributed by atoms with E-state index in [1.807, 2.05) is 97.1 Å². The molecule has 0 aliphatic rings. The maximum atomic E-state index is 10.8. The number of nitrogens with zero attached hydrogens (tertiary/aromatic N) is 5. The van der Waals surface area contributed by atoms with Crippen molar-refractivity contribution in [3.8, 4) is 39.5 Å². The number of benzene rings is 4. The monoisotopic (exact) mass is 671 g/mol. The molecule has 7 aromatic rings. The molecule has 0 aliphatic heterocycles. The van der Waals surface area contributed by atoms with Gasteiger partial charge in [-0.15, -0.1) is 24.3 Å². The van der Waals surface area contributed by atoms with Crippen molar-refractivity contribution in [2.45, 2.75) is 0 Å². The predicted octanol–water partition coefficient (Wildman–Crippen LogP) is 6.63. The molecular weight excluding hydrogens is 653 g/mol. The second kappa shape index (κ2) is 9.73. The zero-order valence-electron chi connectivity index (χ0n) is 19.8. The molecule has 0 saturated heterocycles. The van der Waals surface area contributed by atoms with Crippen LogP contribution in [0.25, 0.3) is 66.7 Å². The Balaban J connectivity index is 0.00000264. The standard InChI is InChI=1S/C31H18N5O.Pt/c37-31-18-30-29(33-26-11-3-4-12-27(26)34-30)17-22(31)25-14-6-13-23(32-25)19-8-5-9-20(15-19)28-16-21-7-1-2-10-24(21)35-36-28;/h1-14,16-18,37H;/q-1;. The average molecular weight is 672 g/mol. The van der Waals surface area contributed by atoms with E-state index in [4.69, 9.17) is 9.97 Å². The van der Waals surface area contributed by atoms with E-state index in [-0.39, 0.29) is 26.8 Å². The Hall–Kier alpha value is -4.54. The van der Waals surface area contributed by atoms with Crippen LogP contribution in [-0.4, -0.2) is 30.3 Å². The molecule has 0 bridgehead atoms. The van der Waals surface area contributed by atoms with Gasteiger partial charge in [0.15, 0.2) is 0 Å². The Morgan fingerprint density at radius 1 is 0.500 bits per heavy atom. The van der Waals surface area contributed by atoms with E-state index < -0.39 is 0 Å². The van der Waals surface area contributed by atoms with Crippen molar-refractivity contribution in [2.75, 3.05) is 0 Å². The SMILES string of the molecule is Oc1cc2nc3ccccc3nc2cc1-c1cccc(-c2[c-]c(-c3cc4ccccc4nn3)ccc2)n1.[Pt]. The number of hydrogen-bond acceptors (Lipinski definition) is 6. The summed E-state index contributed by atoms with van der Waals surface area (Å²) in [5.74, 6) is 0.103. The summed E-state index contributed by atoms with van der Waals surface area (Å²) in [6.07, 6.45) is 0. The minimum atomic E-state index is 0. The van der Waals surface area contributed by atoms with Crippen LogP contribution in [0.2, 0.25) is 0 Å². The van der Waals surface area contributed by atoms with Crippen molar-refractivity contribution in [3.63, 3.8) is 0 Å². The number of aromatic nitrogens is 5. The smallest absolute Gasteiger partial charge is 0.127 e. The van der Waals surface area contributed by atoms with E-state index >= 15 is 0 Å². The molecule has 6 nitrogen and oxygen atoms in total. The van der Waals surface area contributed by atoms with Crippen LogP contribution in [0.5, 0.6) is 5.75 Å². The van der Waals surface area contributed by atoms with E-state index in [2.05, 4.69) is 21.2 Å². The van der Waals surface area contributed by atoms with Gasteiger partial charge >= 0.3 is 0 Å². The van der Waals surface area contributed by atoms with Crippen LogP contribution in [-0.2, 0) is 21.1 Å². The fourth-order valence-electron chi connectivity index (χ4n) is 4.48. The summed E-state index contributed by atoms with van der Waals surface area (Å²) in [5, 5.41) is 20.6. The van der Waals surface area contributed by atoms with Crippen LogP contribution >= 0.6 is 0 Å².